The van der Waals surface area contributed by atoms with Crippen LogP contribution in [0.1, 0.15) is 44.2 Å². The molecule has 1 aromatic heterocycles. The van der Waals surface area contributed by atoms with E-state index < -0.39 is 0 Å². The van der Waals surface area contributed by atoms with E-state index in [0.717, 1.165) is 18.5 Å². The number of nitrogens with zero attached hydrogens (tertiary/aromatic N) is 2. The van der Waals surface area contributed by atoms with Crippen LogP contribution in [0.5, 0.6) is 5.88 Å². The van der Waals surface area contributed by atoms with E-state index in [4.69, 9.17) is 16.3 Å². The zero-order valence-electron chi connectivity index (χ0n) is 9.36. The Labute approximate surface area is 101 Å². The standard InChI is InChI=1S/C12H17ClN2O/c13-9-10-7-8-12(15-14-10)16-11-5-3-1-2-4-6-11/h7-8,11H,1-6,9H2. The number of hydrogen-bond donors (Lipinski definition) is 0. The fourth-order valence-corrected chi connectivity index (χ4v) is 2.15. The molecule has 4 heteroatoms. The van der Waals surface area contributed by atoms with E-state index in [-0.39, 0.29) is 0 Å². The van der Waals surface area contributed by atoms with Gasteiger partial charge in [0.25, 0.3) is 0 Å². The Balaban J connectivity index is 1.91. The van der Waals surface area contributed by atoms with Crippen LogP contribution < -0.4 is 4.74 Å². The van der Waals surface area contributed by atoms with Crippen molar-refractivity contribution in [2.45, 2.75) is 50.5 Å². The molecular formula is C12H17ClN2O. The molecule has 0 spiro atoms. The molecule has 0 radical (unpaired) electrons. The minimum Gasteiger partial charge on any atom is -0.473 e. The van der Waals surface area contributed by atoms with Gasteiger partial charge in [-0.15, -0.1) is 16.7 Å². The van der Waals surface area contributed by atoms with Gasteiger partial charge in [0, 0.05) is 6.07 Å². The molecule has 88 valence electrons. The smallest absolute Gasteiger partial charge is 0.233 e. The minimum absolute atomic E-state index is 0.318. The van der Waals surface area contributed by atoms with Crippen LogP contribution in [0.4, 0.5) is 0 Å². The second kappa shape index (κ2) is 6.04. The molecule has 0 unspecified atom stereocenters. The average molecular weight is 241 g/mol. The first-order chi connectivity index (χ1) is 7.88. The molecule has 0 atom stereocenters. The van der Waals surface area contributed by atoms with Crippen molar-refractivity contribution in [3.8, 4) is 5.88 Å². The third kappa shape index (κ3) is 3.34. The summed E-state index contributed by atoms with van der Waals surface area (Å²) in [7, 11) is 0. The first kappa shape index (κ1) is 11.6. The third-order valence-corrected chi connectivity index (χ3v) is 3.20. The van der Waals surface area contributed by atoms with Crippen LogP contribution in [0.25, 0.3) is 0 Å². The first-order valence-corrected chi connectivity index (χ1v) is 6.47. The Morgan fingerprint density at radius 1 is 1.12 bits per heavy atom. The van der Waals surface area contributed by atoms with Crippen molar-refractivity contribution >= 4 is 11.6 Å². The molecule has 0 amide bonds. The van der Waals surface area contributed by atoms with E-state index in [9.17, 15) is 0 Å². The Kier molecular flexibility index (Phi) is 4.40. The number of aromatic nitrogens is 2. The Bertz CT molecular complexity index is 307. The molecule has 1 aliphatic carbocycles. The van der Waals surface area contributed by atoms with Gasteiger partial charge < -0.3 is 4.74 Å². The quantitative estimate of drug-likeness (QED) is 0.601. The highest BCUT2D eigenvalue weighted by Gasteiger charge is 2.14. The van der Waals surface area contributed by atoms with Crippen LogP contribution in [0.2, 0.25) is 0 Å². The van der Waals surface area contributed by atoms with Crippen LogP contribution in [-0.4, -0.2) is 16.3 Å². The van der Waals surface area contributed by atoms with Crippen LogP contribution in [0.3, 0.4) is 0 Å². The lowest BCUT2D eigenvalue weighted by atomic mass is 10.1. The lowest BCUT2D eigenvalue weighted by Crippen LogP contribution is -2.16. The van der Waals surface area contributed by atoms with Gasteiger partial charge in [0.05, 0.1) is 11.6 Å². The average Bonchev–Trinajstić information content (AvgIpc) is 2.59. The van der Waals surface area contributed by atoms with Crippen LogP contribution in [-0.2, 0) is 5.88 Å². The van der Waals surface area contributed by atoms with E-state index in [1.807, 2.05) is 12.1 Å². The fourth-order valence-electron chi connectivity index (χ4n) is 2.01. The second-order valence-electron chi connectivity index (χ2n) is 4.23. The summed E-state index contributed by atoms with van der Waals surface area (Å²) in [5.74, 6) is 1.03. The topological polar surface area (TPSA) is 35.0 Å². The summed E-state index contributed by atoms with van der Waals surface area (Å²) >= 11 is 5.65. The molecule has 1 aromatic rings. The summed E-state index contributed by atoms with van der Waals surface area (Å²) in [5, 5.41) is 8.00. The predicted octanol–water partition coefficient (Wildman–Crippen LogP) is 3.32. The van der Waals surface area contributed by atoms with Gasteiger partial charge in [-0.2, -0.15) is 5.10 Å². The van der Waals surface area contributed by atoms with Gasteiger partial charge in [0.1, 0.15) is 6.10 Å². The molecule has 0 saturated heterocycles. The Hall–Kier alpha value is -0.830. The molecular weight excluding hydrogens is 224 g/mol. The summed E-state index contributed by atoms with van der Waals surface area (Å²) in [6.07, 6.45) is 7.78. The molecule has 0 N–H and O–H groups in total. The number of halogens is 1. The molecule has 1 aliphatic rings. The number of alkyl halides is 1. The van der Waals surface area contributed by atoms with Gasteiger partial charge >= 0.3 is 0 Å². The van der Waals surface area contributed by atoms with Gasteiger partial charge in [-0.1, -0.05) is 12.8 Å². The van der Waals surface area contributed by atoms with Crippen molar-refractivity contribution in [1.82, 2.24) is 10.2 Å². The first-order valence-electron chi connectivity index (χ1n) is 5.94. The Morgan fingerprint density at radius 2 is 1.88 bits per heavy atom. The molecule has 1 saturated carbocycles. The highest BCUT2D eigenvalue weighted by molar-refractivity contribution is 6.16. The highest BCUT2D eigenvalue weighted by Crippen LogP contribution is 2.21. The summed E-state index contributed by atoms with van der Waals surface area (Å²) in [5.41, 5.74) is 0.787. The number of ether oxygens (including phenoxy) is 1. The van der Waals surface area contributed by atoms with Crippen molar-refractivity contribution in [1.29, 1.82) is 0 Å². The van der Waals surface area contributed by atoms with Gasteiger partial charge in [0.2, 0.25) is 5.88 Å². The van der Waals surface area contributed by atoms with Crippen molar-refractivity contribution < 1.29 is 4.74 Å². The molecule has 0 aromatic carbocycles. The van der Waals surface area contributed by atoms with Crippen molar-refractivity contribution in [3.05, 3.63) is 17.8 Å². The highest BCUT2D eigenvalue weighted by atomic mass is 35.5. The summed E-state index contributed by atoms with van der Waals surface area (Å²) < 4.78 is 5.82. The van der Waals surface area contributed by atoms with Crippen LogP contribution in [0, 0.1) is 0 Å². The van der Waals surface area contributed by atoms with Crippen molar-refractivity contribution in [3.63, 3.8) is 0 Å². The minimum atomic E-state index is 0.318. The fraction of sp³-hybridized carbons (Fsp3) is 0.667. The lowest BCUT2D eigenvalue weighted by molar-refractivity contribution is 0.174. The summed E-state index contributed by atoms with van der Waals surface area (Å²) in [6.45, 7) is 0. The maximum absolute atomic E-state index is 5.82. The van der Waals surface area contributed by atoms with E-state index >= 15 is 0 Å². The molecule has 0 bridgehead atoms. The summed E-state index contributed by atoms with van der Waals surface area (Å²) in [4.78, 5) is 0. The maximum Gasteiger partial charge on any atom is 0.233 e. The molecule has 16 heavy (non-hydrogen) atoms. The zero-order chi connectivity index (χ0) is 11.2. The predicted molar refractivity (Wildman–Crippen MR) is 63.7 cm³/mol. The lowest BCUT2D eigenvalue weighted by Gasteiger charge is -2.15. The van der Waals surface area contributed by atoms with E-state index in [0.29, 0.717) is 17.9 Å². The maximum atomic E-state index is 5.82. The molecule has 3 nitrogen and oxygen atoms in total. The second-order valence-corrected chi connectivity index (χ2v) is 4.50. The van der Waals surface area contributed by atoms with Gasteiger partial charge in [-0.05, 0) is 31.7 Å². The number of rotatable bonds is 3. The van der Waals surface area contributed by atoms with Gasteiger partial charge in [-0.3, -0.25) is 0 Å². The van der Waals surface area contributed by atoms with Gasteiger partial charge in [0.15, 0.2) is 0 Å². The Morgan fingerprint density at radius 3 is 2.44 bits per heavy atom. The molecule has 1 heterocycles. The van der Waals surface area contributed by atoms with Gasteiger partial charge in [-0.25, -0.2) is 0 Å². The van der Waals surface area contributed by atoms with E-state index in [1.54, 1.807) is 0 Å². The normalized spacial score (nSPS) is 18.1. The van der Waals surface area contributed by atoms with Crippen LogP contribution in [0.15, 0.2) is 12.1 Å². The van der Waals surface area contributed by atoms with E-state index in [1.165, 1.54) is 25.7 Å². The van der Waals surface area contributed by atoms with Crippen molar-refractivity contribution in [2.24, 2.45) is 0 Å². The monoisotopic (exact) mass is 240 g/mol. The third-order valence-electron chi connectivity index (χ3n) is 2.92. The zero-order valence-corrected chi connectivity index (χ0v) is 10.1. The number of hydrogen-bond acceptors (Lipinski definition) is 3. The largest absolute Gasteiger partial charge is 0.473 e. The van der Waals surface area contributed by atoms with E-state index in [2.05, 4.69) is 10.2 Å². The molecule has 1 fully saturated rings. The SMILES string of the molecule is ClCc1ccc(OC2CCCCCC2)nn1. The molecule has 2 rings (SSSR count). The van der Waals surface area contributed by atoms with Crippen molar-refractivity contribution in [2.75, 3.05) is 0 Å². The summed E-state index contributed by atoms with van der Waals surface area (Å²) in [6, 6.07) is 3.72. The molecule has 0 aliphatic heterocycles. The van der Waals surface area contributed by atoms with Crippen LogP contribution >= 0.6 is 11.6 Å².